The lowest BCUT2D eigenvalue weighted by Crippen LogP contribution is -2.70. The van der Waals surface area contributed by atoms with Gasteiger partial charge in [0, 0.05) is 36.7 Å². The summed E-state index contributed by atoms with van der Waals surface area (Å²) >= 11 is 0. The molecule has 0 spiro atoms. The molecule has 13 heteroatoms. The number of aliphatic hydroxyl groups excluding tert-OH is 3. The van der Waals surface area contributed by atoms with Gasteiger partial charge in [0.1, 0.15) is 22.8 Å². The first-order valence-electron chi connectivity index (χ1n) is 13.6. The fraction of sp³-hybridized carbons (Fsp3) is 0.483. The van der Waals surface area contributed by atoms with Crippen LogP contribution in [0.5, 0.6) is 5.75 Å². The molecule has 11 nitrogen and oxygen atoms in total. The number of aliphatic hydroxyl groups is 4. The van der Waals surface area contributed by atoms with Crippen molar-refractivity contribution in [1.29, 1.82) is 0 Å². The lowest BCUT2D eigenvalue weighted by Gasteiger charge is -2.53. The van der Waals surface area contributed by atoms with Crippen LogP contribution < -0.4 is 5.73 Å². The highest BCUT2D eigenvalue weighted by molar-refractivity contribution is 6.24. The predicted octanol–water partition coefficient (Wildman–Crippen LogP) is 1.24. The number of carbonyl (C=O) groups excluding carboxylic acids is 3. The summed E-state index contributed by atoms with van der Waals surface area (Å²) in [4.78, 5) is 42.6. The Kier molecular flexibility index (Phi) is 7.29. The molecule has 1 aliphatic heterocycles. The summed E-state index contributed by atoms with van der Waals surface area (Å²) in [5, 5.41) is 57.2. The van der Waals surface area contributed by atoms with E-state index in [1.807, 2.05) is 4.90 Å². The maximum Gasteiger partial charge on any atom is 0.269 e. The molecule has 0 aromatic heterocycles. The molecule has 1 unspecified atom stereocenters. The summed E-state index contributed by atoms with van der Waals surface area (Å²) in [6.45, 7) is 2.47. The Bertz CT molecular complexity index is 1490. The standard InChI is InChI=1S/C29H33F2N3O8/c1-11-14-5-4-13(10-34-8-6-12(7-9-34)27(30)31)21(35)16(14)22(36)17-15(11)23(37)19-20(33(2)3)24(38)18(28(32)41)26(40)29(19,42)25(17)39/h4-5,11,15,19-20,23,35-37,40,42H,6-10H2,1-3H3,(H2,32,41)/t11-,15+,19+,20-,23?,29-/m0/s1. The van der Waals surface area contributed by atoms with E-state index < -0.39 is 81.7 Å². The smallest absolute Gasteiger partial charge is 0.269 e. The van der Waals surface area contributed by atoms with Crippen LogP contribution in [0.1, 0.15) is 42.4 Å². The molecule has 7 N–H and O–H groups in total. The minimum Gasteiger partial charge on any atom is -0.508 e. The zero-order valence-electron chi connectivity index (χ0n) is 23.3. The van der Waals surface area contributed by atoms with E-state index in [0.29, 0.717) is 24.2 Å². The van der Waals surface area contributed by atoms with Crippen LogP contribution in [0.2, 0.25) is 0 Å². The third-order valence-electron chi connectivity index (χ3n) is 9.33. The van der Waals surface area contributed by atoms with Crippen molar-refractivity contribution in [3.63, 3.8) is 0 Å². The number of piperidine rings is 1. The molecular weight excluding hydrogens is 556 g/mol. The molecule has 1 saturated carbocycles. The number of nitrogens with two attached hydrogens (primary N) is 1. The van der Waals surface area contributed by atoms with E-state index in [1.165, 1.54) is 19.0 Å². The van der Waals surface area contributed by atoms with Crippen LogP contribution in [-0.2, 0) is 20.9 Å². The van der Waals surface area contributed by atoms with E-state index in [-0.39, 0.29) is 36.3 Å². The van der Waals surface area contributed by atoms with E-state index >= 15 is 0 Å². The second-order valence-electron chi connectivity index (χ2n) is 11.7. The number of hydrogen-bond acceptors (Lipinski definition) is 10. The summed E-state index contributed by atoms with van der Waals surface area (Å²) in [5.74, 6) is -9.46. The second kappa shape index (κ2) is 10.3. The largest absolute Gasteiger partial charge is 0.508 e. The predicted molar refractivity (Wildman–Crippen MR) is 144 cm³/mol. The molecule has 1 aromatic rings. The highest BCUT2D eigenvalue weighted by Gasteiger charge is 2.68. The number of likely N-dealkylation sites (tertiary alicyclic amines) is 1. The SMILES string of the molecule is C[C@H]1c2ccc(CN3CCC(=C(F)F)CC3)c(O)c2C(O)=C2C(=O)[C@]3(O)C(O)=C(C(N)=O)C(=O)[C@@H](N(C)C)[C@@H]3C(O)[C@@H]21. The summed E-state index contributed by atoms with van der Waals surface area (Å²) in [6.07, 6.45) is -3.00. The molecule has 226 valence electrons. The van der Waals surface area contributed by atoms with Gasteiger partial charge < -0.3 is 31.3 Å². The lowest BCUT2D eigenvalue weighted by molar-refractivity contribution is -0.169. The first kappa shape index (κ1) is 29.8. The van der Waals surface area contributed by atoms with Crippen molar-refractivity contribution in [2.45, 2.75) is 50.0 Å². The summed E-state index contributed by atoms with van der Waals surface area (Å²) < 4.78 is 25.9. The van der Waals surface area contributed by atoms with Gasteiger partial charge in [-0.15, -0.1) is 0 Å². The fourth-order valence-corrected chi connectivity index (χ4v) is 7.20. The fourth-order valence-electron chi connectivity index (χ4n) is 7.20. The average Bonchev–Trinajstić information content (AvgIpc) is 2.92. The van der Waals surface area contributed by atoms with Crippen LogP contribution in [0.4, 0.5) is 8.78 Å². The van der Waals surface area contributed by atoms with E-state index in [9.17, 15) is 48.7 Å². The number of phenolic OH excluding ortho intramolecular Hbond substituents is 1. The van der Waals surface area contributed by atoms with E-state index in [4.69, 9.17) is 5.73 Å². The van der Waals surface area contributed by atoms with Crippen LogP contribution in [0, 0.1) is 11.8 Å². The number of amides is 1. The van der Waals surface area contributed by atoms with Crippen molar-refractivity contribution in [1.82, 2.24) is 9.80 Å². The average molecular weight is 590 g/mol. The highest BCUT2D eigenvalue weighted by atomic mass is 19.3. The van der Waals surface area contributed by atoms with Crippen LogP contribution in [-0.4, -0.2) is 97.7 Å². The Morgan fingerprint density at radius 3 is 2.31 bits per heavy atom. The minimum absolute atomic E-state index is 0.0893. The molecule has 4 aliphatic rings. The lowest BCUT2D eigenvalue weighted by atomic mass is 9.54. The number of nitrogens with zero attached hydrogens (tertiary/aromatic N) is 2. The topological polar surface area (TPSA) is 185 Å². The number of benzene rings is 1. The molecule has 0 bridgehead atoms. The number of Topliss-reactive ketones (excluding diaryl/α,β-unsaturated/α-hetero) is 2. The second-order valence-corrected chi connectivity index (χ2v) is 11.7. The van der Waals surface area contributed by atoms with Gasteiger partial charge in [0.15, 0.2) is 11.4 Å². The van der Waals surface area contributed by atoms with Crippen LogP contribution in [0.3, 0.4) is 0 Å². The van der Waals surface area contributed by atoms with Gasteiger partial charge in [-0.1, -0.05) is 19.1 Å². The van der Waals surface area contributed by atoms with Crippen molar-refractivity contribution in [2.24, 2.45) is 17.6 Å². The first-order chi connectivity index (χ1) is 19.6. The molecule has 2 fully saturated rings. The van der Waals surface area contributed by atoms with Gasteiger partial charge in [0.2, 0.25) is 5.78 Å². The van der Waals surface area contributed by atoms with Gasteiger partial charge in [0.05, 0.1) is 23.6 Å². The molecule has 1 heterocycles. The van der Waals surface area contributed by atoms with Gasteiger partial charge in [-0.3, -0.25) is 24.2 Å². The number of ketones is 2. The van der Waals surface area contributed by atoms with Gasteiger partial charge in [-0.25, -0.2) is 0 Å². The summed E-state index contributed by atoms with van der Waals surface area (Å²) in [6, 6.07) is 1.83. The quantitative estimate of drug-likeness (QED) is 0.279. The monoisotopic (exact) mass is 589 g/mol. The summed E-state index contributed by atoms with van der Waals surface area (Å²) in [7, 11) is 2.88. The van der Waals surface area contributed by atoms with Gasteiger partial charge in [-0.2, -0.15) is 8.78 Å². The van der Waals surface area contributed by atoms with Crippen molar-refractivity contribution in [3.05, 3.63) is 57.4 Å². The molecule has 1 amide bonds. The highest BCUT2D eigenvalue weighted by Crippen LogP contribution is 2.56. The number of phenols is 1. The van der Waals surface area contributed by atoms with Crippen LogP contribution >= 0.6 is 0 Å². The van der Waals surface area contributed by atoms with Gasteiger partial charge in [-0.05, 0) is 44.0 Å². The zero-order chi connectivity index (χ0) is 31.0. The van der Waals surface area contributed by atoms with Gasteiger partial charge in [0.25, 0.3) is 12.0 Å². The van der Waals surface area contributed by atoms with E-state index in [2.05, 4.69) is 0 Å². The maximum absolute atomic E-state index is 14.1. The van der Waals surface area contributed by atoms with E-state index in [0.717, 1.165) is 0 Å². The number of carbonyl (C=O) groups is 3. The molecule has 3 aliphatic carbocycles. The third kappa shape index (κ3) is 4.09. The number of halogens is 2. The number of fused-ring (bicyclic) bond motifs is 3. The molecule has 5 rings (SSSR count). The molecule has 0 radical (unpaired) electrons. The Morgan fingerprint density at radius 1 is 1.14 bits per heavy atom. The molecule has 1 aromatic carbocycles. The third-order valence-corrected chi connectivity index (χ3v) is 9.33. The van der Waals surface area contributed by atoms with Crippen LogP contribution in [0.15, 0.2) is 40.7 Å². The number of hydrogen-bond donors (Lipinski definition) is 6. The van der Waals surface area contributed by atoms with Crippen molar-refractivity contribution in [3.8, 4) is 5.75 Å². The Morgan fingerprint density at radius 2 is 1.76 bits per heavy atom. The number of primary amides is 1. The summed E-state index contributed by atoms with van der Waals surface area (Å²) in [5.41, 5.74) is 1.64. The van der Waals surface area contributed by atoms with Crippen molar-refractivity contribution < 1.29 is 48.7 Å². The van der Waals surface area contributed by atoms with E-state index in [1.54, 1.807) is 19.1 Å². The number of rotatable bonds is 4. The first-order valence-corrected chi connectivity index (χ1v) is 13.6. The molecular formula is C29H33F2N3O8. The normalized spacial score (nSPS) is 31.7. The number of aromatic hydroxyl groups is 1. The Hall–Kier alpha value is -3.65. The Balaban J connectivity index is 1.63. The molecule has 6 atom stereocenters. The molecule has 42 heavy (non-hydrogen) atoms. The van der Waals surface area contributed by atoms with Crippen molar-refractivity contribution in [2.75, 3.05) is 27.2 Å². The maximum atomic E-state index is 14.1. The van der Waals surface area contributed by atoms with Crippen LogP contribution in [0.25, 0.3) is 5.76 Å². The Labute approximate surface area is 239 Å². The number of likely N-dealkylation sites (N-methyl/N-ethyl adjacent to an activating group) is 1. The van der Waals surface area contributed by atoms with Gasteiger partial charge >= 0.3 is 0 Å². The zero-order valence-corrected chi connectivity index (χ0v) is 23.3. The molecule has 1 saturated heterocycles. The van der Waals surface area contributed by atoms with Crippen molar-refractivity contribution >= 4 is 23.2 Å². The minimum atomic E-state index is -2.98.